The molecule has 1 atom stereocenters. The third-order valence-corrected chi connectivity index (χ3v) is 9.81. The van der Waals surface area contributed by atoms with Crippen LogP contribution in [0.15, 0.2) is 53.7 Å². The van der Waals surface area contributed by atoms with Gasteiger partial charge >= 0.3 is 18.0 Å². The summed E-state index contributed by atoms with van der Waals surface area (Å²) in [6.45, 7) is 5.75. The molecule has 0 aliphatic carbocycles. The summed E-state index contributed by atoms with van der Waals surface area (Å²) in [6, 6.07) is 7.56. The zero-order chi connectivity index (χ0) is 35.7. The third-order valence-electron chi connectivity index (χ3n) is 7.71. The Bertz CT molecular complexity index is 1830. The highest BCUT2D eigenvalue weighted by molar-refractivity contribution is 7.89. The Hall–Kier alpha value is -4.48. The summed E-state index contributed by atoms with van der Waals surface area (Å²) in [7, 11) is -2.81. The average molecular weight is 722 g/mol. The second kappa shape index (κ2) is 13.8. The van der Waals surface area contributed by atoms with Gasteiger partial charge < -0.3 is 24.6 Å². The van der Waals surface area contributed by atoms with Crippen molar-refractivity contribution in [2.45, 2.75) is 49.7 Å². The quantitative estimate of drug-likeness (QED) is 0.267. The first-order chi connectivity index (χ1) is 23.0. The number of piperazine rings is 1. The van der Waals surface area contributed by atoms with E-state index < -0.39 is 50.9 Å². The van der Waals surface area contributed by atoms with Crippen LogP contribution < -0.4 is 15.1 Å². The van der Waals surface area contributed by atoms with Gasteiger partial charge in [0.05, 0.1) is 30.4 Å². The number of methoxy groups -OCH3 is 1. The lowest BCUT2D eigenvalue weighted by Crippen LogP contribution is -2.49. The number of rotatable bonds is 8. The lowest BCUT2D eigenvalue weighted by atomic mass is 10.1. The molecular weight excluding hydrogens is 688 g/mol. The highest BCUT2D eigenvalue weighted by Crippen LogP contribution is 2.37. The van der Waals surface area contributed by atoms with E-state index in [1.165, 1.54) is 33.5 Å². The Morgan fingerprint density at radius 2 is 1.69 bits per heavy atom. The van der Waals surface area contributed by atoms with E-state index in [4.69, 9.17) is 16.3 Å². The second-order valence-electron chi connectivity index (χ2n) is 12.3. The summed E-state index contributed by atoms with van der Waals surface area (Å²) in [5.41, 5.74) is -1.67. The van der Waals surface area contributed by atoms with Gasteiger partial charge in [0.15, 0.2) is 5.69 Å². The van der Waals surface area contributed by atoms with Gasteiger partial charge in [-0.25, -0.2) is 28.0 Å². The van der Waals surface area contributed by atoms with Crippen LogP contribution >= 0.6 is 11.6 Å². The summed E-state index contributed by atoms with van der Waals surface area (Å²) in [4.78, 5) is 51.1. The lowest BCUT2D eigenvalue weighted by molar-refractivity contribution is -0.117. The number of benzene rings is 1. The number of anilines is 2. The predicted molar refractivity (Wildman–Crippen MR) is 173 cm³/mol. The molecule has 0 saturated carbocycles. The molecule has 0 radical (unpaired) electrons. The molecule has 2 amide bonds. The Kier molecular flexibility index (Phi) is 10.1. The topological polar surface area (TPSA) is 164 Å². The van der Waals surface area contributed by atoms with Crippen LogP contribution in [0.1, 0.15) is 48.9 Å². The largest absolute Gasteiger partial charge is 0.464 e. The van der Waals surface area contributed by atoms with Crippen molar-refractivity contribution >= 4 is 51.1 Å². The third kappa shape index (κ3) is 8.05. The molecule has 0 bridgehead atoms. The Morgan fingerprint density at radius 3 is 2.29 bits per heavy atom. The number of aromatic nitrogens is 3. The zero-order valence-corrected chi connectivity index (χ0v) is 28.6. The van der Waals surface area contributed by atoms with Gasteiger partial charge in [0.25, 0.3) is 0 Å². The van der Waals surface area contributed by atoms with E-state index >= 15 is 8.78 Å². The van der Waals surface area contributed by atoms with Crippen LogP contribution in [0.2, 0.25) is 5.15 Å². The van der Waals surface area contributed by atoms with Crippen molar-refractivity contribution in [1.82, 2.24) is 24.6 Å². The molecule has 14 nitrogen and oxygen atoms in total. The summed E-state index contributed by atoms with van der Waals surface area (Å²) in [5, 5.41) is 2.49. The minimum Gasteiger partial charge on any atom is -0.464 e. The normalized spacial score (nSPS) is 17.6. The highest BCUT2D eigenvalue weighted by atomic mass is 35.5. The first-order valence-electron chi connectivity index (χ1n) is 15.1. The molecule has 2 aliphatic rings. The number of nitrogens with one attached hydrogen (secondary N) is 1. The van der Waals surface area contributed by atoms with Gasteiger partial charge in [-0.15, -0.1) is 0 Å². The molecule has 5 rings (SSSR count). The summed E-state index contributed by atoms with van der Waals surface area (Å²) in [5.74, 6) is -4.57. The predicted octanol–water partition coefficient (Wildman–Crippen LogP) is 3.59. The molecule has 0 unspecified atom stereocenters. The summed E-state index contributed by atoms with van der Waals surface area (Å²) >= 11 is 6.13. The van der Waals surface area contributed by atoms with Crippen molar-refractivity contribution in [1.29, 1.82) is 0 Å². The number of alkyl carbamates (subject to hydrolysis) is 1. The van der Waals surface area contributed by atoms with Crippen molar-refractivity contribution in [3.63, 3.8) is 0 Å². The molecule has 2 aromatic heterocycles. The number of carbonyl (C=O) groups is 3. The van der Waals surface area contributed by atoms with E-state index in [1.807, 2.05) is 0 Å². The molecule has 0 spiro atoms. The van der Waals surface area contributed by atoms with Gasteiger partial charge in [-0.05, 0) is 57.2 Å². The number of esters is 1. The Labute approximate surface area is 286 Å². The molecule has 2 saturated heterocycles. The number of alkyl halides is 2. The minimum absolute atomic E-state index is 0.0157. The molecular formula is C31H34ClF2N7O7S. The number of sulfonamides is 1. The van der Waals surface area contributed by atoms with E-state index in [-0.39, 0.29) is 66.6 Å². The van der Waals surface area contributed by atoms with Crippen LogP contribution in [-0.4, -0.2) is 97.1 Å². The molecule has 2 aliphatic heterocycles. The van der Waals surface area contributed by atoms with E-state index in [1.54, 1.807) is 25.7 Å². The Balaban J connectivity index is 1.22. The number of carbonyl (C=O) groups excluding carboxylic acids is 3. The van der Waals surface area contributed by atoms with Gasteiger partial charge in [0, 0.05) is 50.4 Å². The molecule has 4 heterocycles. The van der Waals surface area contributed by atoms with E-state index in [0.717, 1.165) is 31.6 Å². The van der Waals surface area contributed by atoms with Crippen molar-refractivity contribution in [3.8, 4) is 0 Å². The molecule has 3 aromatic rings. The first-order valence-corrected chi connectivity index (χ1v) is 16.9. The molecule has 2 fully saturated rings. The van der Waals surface area contributed by atoms with Gasteiger partial charge in [-0.2, -0.15) is 13.1 Å². The maximum Gasteiger partial charge on any atom is 0.407 e. The van der Waals surface area contributed by atoms with Crippen molar-refractivity contribution in [2.24, 2.45) is 0 Å². The number of hydrogen-bond acceptors (Lipinski definition) is 11. The molecule has 1 N–H and O–H groups in total. The average Bonchev–Trinajstić information content (AvgIpc) is 3.42. The zero-order valence-electron chi connectivity index (χ0n) is 27.0. The maximum absolute atomic E-state index is 15.5. The van der Waals surface area contributed by atoms with Gasteiger partial charge in [-0.3, -0.25) is 9.78 Å². The second-order valence-corrected chi connectivity index (χ2v) is 14.7. The number of amides is 2. The van der Waals surface area contributed by atoms with E-state index in [0.29, 0.717) is 5.69 Å². The molecule has 262 valence electrons. The highest BCUT2D eigenvalue weighted by Gasteiger charge is 2.38. The smallest absolute Gasteiger partial charge is 0.407 e. The van der Waals surface area contributed by atoms with Gasteiger partial charge in [-0.1, -0.05) is 11.6 Å². The molecule has 18 heteroatoms. The van der Waals surface area contributed by atoms with Crippen LogP contribution in [0.3, 0.4) is 0 Å². The van der Waals surface area contributed by atoms with E-state index in [9.17, 15) is 22.8 Å². The lowest BCUT2D eigenvalue weighted by Gasteiger charge is -2.35. The van der Waals surface area contributed by atoms with Gasteiger partial charge in [0.1, 0.15) is 22.3 Å². The minimum atomic E-state index is -3.94. The van der Waals surface area contributed by atoms with Crippen LogP contribution in [0, 0.1) is 0 Å². The van der Waals surface area contributed by atoms with Crippen molar-refractivity contribution in [2.75, 3.05) is 49.6 Å². The number of pyridine rings is 1. The fourth-order valence-electron chi connectivity index (χ4n) is 5.31. The number of halogens is 3. The number of ether oxygens (including phenoxy) is 2. The van der Waals surface area contributed by atoms with Gasteiger partial charge in [0.2, 0.25) is 15.9 Å². The fraction of sp³-hybridized carbons (Fsp3) is 0.419. The number of nitrogens with zero attached hydrogens (tertiary/aromatic N) is 6. The first kappa shape index (κ1) is 35.8. The van der Waals surface area contributed by atoms with E-state index in [2.05, 4.69) is 25.0 Å². The summed E-state index contributed by atoms with van der Waals surface area (Å²) in [6.07, 6.45) is 1.11. The number of hydrogen-bond donors (Lipinski definition) is 1. The monoisotopic (exact) mass is 721 g/mol. The SMILES string of the molecule is COC(=O)c1cnc(C(F)(F)c2cc(Cl)nc(N3CCN(S(=O)(=O)c4ccc(N5C[C@H](NC(=O)OC(C)(C)C)CC5=O)cc4)CC3)c2)cn1. The van der Waals surface area contributed by atoms with Crippen LogP contribution in [0.4, 0.5) is 25.1 Å². The van der Waals surface area contributed by atoms with Crippen LogP contribution in [0.5, 0.6) is 0 Å². The summed E-state index contributed by atoms with van der Waals surface area (Å²) < 4.78 is 68.9. The van der Waals surface area contributed by atoms with Crippen LogP contribution in [-0.2, 0) is 30.2 Å². The molecule has 49 heavy (non-hydrogen) atoms. The van der Waals surface area contributed by atoms with Crippen LogP contribution in [0.25, 0.3) is 0 Å². The maximum atomic E-state index is 15.5. The fourth-order valence-corrected chi connectivity index (χ4v) is 6.93. The van der Waals surface area contributed by atoms with Crippen molar-refractivity contribution < 1.29 is 41.1 Å². The van der Waals surface area contributed by atoms with Crippen molar-refractivity contribution in [3.05, 3.63) is 70.9 Å². The standard InChI is InChI=1S/C31H34ClF2N7O7S/c1-30(2,3)48-29(44)37-20-15-27(42)41(18-20)21-5-7-22(8-6-21)49(45,46)40-11-9-39(10-12-40)26-14-19(13-25(32)38-26)31(33,34)24-17-35-23(16-36-24)28(43)47-4/h5-8,13-14,16-17,20H,9-12,15,18H2,1-4H3,(H,37,44)/t20-/m1/s1. The molecule has 1 aromatic carbocycles. The Morgan fingerprint density at radius 1 is 1.02 bits per heavy atom.